The highest BCUT2D eigenvalue weighted by atomic mass is 32.2. The van der Waals surface area contributed by atoms with Crippen molar-refractivity contribution >= 4 is 53.3 Å². The molecule has 11 heteroatoms. The highest BCUT2D eigenvalue weighted by molar-refractivity contribution is 7.86. The van der Waals surface area contributed by atoms with Crippen molar-refractivity contribution in [3.63, 3.8) is 0 Å². The molecule has 0 unspecified atom stereocenters. The van der Waals surface area contributed by atoms with Gasteiger partial charge in [-0.15, -0.1) is 0 Å². The summed E-state index contributed by atoms with van der Waals surface area (Å²) in [5.74, 6) is 0.176. The van der Waals surface area contributed by atoms with Gasteiger partial charge in [-0.1, -0.05) is 0 Å². The summed E-state index contributed by atoms with van der Waals surface area (Å²) in [7, 11) is -9.28. The first-order valence-corrected chi connectivity index (χ1v) is 9.65. The summed E-state index contributed by atoms with van der Waals surface area (Å²) in [5.41, 5.74) is 0.215. The maximum Gasteiger partial charge on any atom is 0.299 e. The highest BCUT2D eigenvalue weighted by Crippen LogP contribution is 2.39. The molecule has 4 rings (SSSR count). The van der Waals surface area contributed by atoms with Crippen LogP contribution in [-0.4, -0.2) is 30.9 Å². The fourth-order valence-corrected chi connectivity index (χ4v) is 4.14. The van der Waals surface area contributed by atoms with Crippen LogP contribution in [0.4, 0.5) is 0 Å². The third kappa shape index (κ3) is 2.40. The fourth-order valence-electron chi connectivity index (χ4n) is 2.78. The van der Waals surface area contributed by atoms with Crippen LogP contribution in [0.25, 0.3) is 33.0 Å². The van der Waals surface area contributed by atoms with E-state index in [4.69, 9.17) is 8.83 Å². The Hall–Kier alpha value is -2.47. The molecule has 2 N–H and O–H groups in total. The summed E-state index contributed by atoms with van der Waals surface area (Å²) >= 11 is 0. The van der Waals surface area contributed by atoms with Gasteiger partial charge in [0.15, 0.2) is 16.4 Å². The number of nitrogens with zero attached hydrogens (tertiary/aromatic N) is 1. The molecule has 2 aromatic heterocycles. The first-order valence-electron chi connectivity index (χ1n) is 6.77. The number of aromatic nitrogens is 1. The molecule has 2 heterocycles. The molecule has 0 bridgehead atoms. The monoisotopic (exact) mass is 383 g/mol. The van der Waals surface area contributed by atoms with Gasteiger partial charge in [-0.2, -0.15) is 16.8 Å². The Kier molecular flexibility index (Phi) is 3.07. The van der Waals surface area contributed by atoms with Gasteiger partial charge in [0, 0.05) is 18.4 Å². The normalized spacial score (nSPS) is 13.2. The third-order valence-corrected chi connectivity index (χ3v) is 5.46. The van der Waals surface area contributed by atoms with E-state index >= 15 is 0 Å². The van der Waals surface area contributed by atoms with Gasteiger partial charge in [-0.3, -0.25) is 9.11 Å². The molecule has 0 saturated heterocycles. The van der Waals surface area contributed by atoms with Crippen LogP contribution in [0, 0.1) is 6.92 Å². The molecule has 2 aromatic carbocycles. The van der Waals surface area contributed by atoms with Crippen molar-refractivity contribution in [2.45, 2.75) is 16.7 Å². The topological polar surface area (TPSA) is 148 Å². The van der Waals surface area contributed by atoms with Crippen molar-refractivity contribution in [2.75, 3.05) is 0 Å². The molecular weight excluding hydrogens is 374 g/mol. The smallest absolute Gasteiger partial charge is 0.299 e. The molecule has 0 saturated carbocycles. The molecule has 0 aliphatic heterocycles. The van der Waals surface area contributed by atoms with E-state index in [0.717, 1.165) is 12.1 Å². The van der Waals surface area contributed by atoms with E-state index in [0.29, 0.717) is 0 Å². The van der Waals surface area contributed by atoms with Crippen molar-refractivity contribution < 1.29 is 34.8 Å². The minimum absolute atomic E-state index is 0.0633. The van der Waals surface area contributed by atoms with E-state index in [1.807, 2.05) is 0 Å². The van der Waals surface area contributed by atoms with Crippen LogP contribution in [0.3, 0.4) is 0 Å². The summed E-state index contributed by atoms with van der Waals surface area (Å²) in [6, 6.07) is 4.86. The summed E-state index contributed by atoms with van der Waals surface area (Å²) in [5, 5.41) is 0.0142. The molecule has 4 aromatic rings. The van der Waals surface area contributed by atoms with Crippen LogP contribution in [0.5, 0.6) is 0 Å². The minimum Gasteiger partial charge on any atom is -0.456 e. The van der Waals surface area contributed by atoms with Crippen molar-refractivity contribution in [3.05, 3.63) is 30.2 Å². The number of hydrogen-bond donors (Lipinski definition) is 2. The molecular formula is C14H9NO8S2. The Labute approximate surface area is 140 Å². The number of fused-ring (bicyclic) bond motifs is 4. The van der Waals surface area contributed by atoms with Crippen molar-refractivity contribution in [1.29, 1.82) is 0 Å². The van der Waals surface area contributed by atoms with Crippen molar-refractivity contribution in [3.8, 4) is 0 Å². The van der Waals surface area contributed by atoms with E-state index in [2.05, 4.69) is 4.98 Å². The maximum atomic E-state index is 12.0. The zero-order valence-electron chi connectivity index (χ0n) is 12.4. The lowest BCUT2D eigenvalue weighted by Crippen LogP contribution is -2.00. The predicted molar refractivity (Wildman–Crippen MR) is 85.7 cm³/mol. The molecule has 25 heavy (non-hydrogen) atoms. The summed E-state index contributed by atoms with van der Waals surface area (Å²) in [6.07, 6.45) is 0. The van der Waals surface area contributed by atoms with Crippen LogP contribution in [0.15, 0.2) is 42.9 Å². The van der Waals surface area contributed by atoms with Crippen molar-refractivity contribution in [2.24, 2.45) is 0 Å². The van der Waals surface area contributed by atoms with E-state index < -0.39 is 30.0 Å². The van der Waals surface area contributed by atoms with Gasteiger partial charge in [-0.25, -0.2) is 4.98 Å². The number of rotatable bonds is 2. The molecule has 0 atom stereocenters. The molecule has 130 valence electrons. The molecule has 0 aliphatic carbocycles. The second kappa shape index (κ2) is 4.79. The highest BCUT2D eigenvalue weighted by Gasteiger charge is 2.27. The average molecular weight is 383 g/mol. The zero-order chi connectivity index (χ0) is 18.1. The molecule has 9 nitrogen and oxygen atoms in total. The predicted octanol–water partition coefficient (Wildman–Crippen LogP) is 2.53. The summed E-state index contributed by atoms with van der Waals surface area (Å²) in [6.45, 7) is 1.50. The standard InChI is InChI=1S/C14H9NO8S2/c1-6-15-9-5-11-12(14(13(9)22-6)25(19,20)21)8-4-7(24(16,17)18)2-3-10(8)23-11/h2-5H,1H3,(H,16,17,18)(H,19,20,21). The second-order valence-corrected chi connectivity index (χ2v) is 8.15. The van der Waals surface area contributed by atoms with E-state index in [9.17, 15) is 25.9 Å². The van der Waals surface area contributed by atoms with E-state index in [1.54, 1.807) is 0 Å². The summed E-state index contributed by atoms with van der Waals surface area (Å²) in [4.78, 5) is 3.00. The van der Waals surface area contributed by atoms with Crippen LogP contribution < -0.4 is 0 Å². The lowest BCUT2D eigenvalue weighted by atomic mass is 10.1. The quantitative estimate of drug-likeness (QED) is 0.498. The third-order valence-electron chi connectivity index (χ3n) is 3.70. The van der Waals surface area contributed by atoms with Gasteiger partial charge in [0.05, 0.1) is 10.3 Å². The molecule has 0 fully saturated rings. The van der Waals surface area contributed by atoms with Crippen molar-refractivity contribution in [1.82, 2.24) is 4.98 Å². The Morgan fingerprint density at radius 2 is 1.68 bits per heavy atom. The van der Waals surface area contributed by atoms with Crippen LogP contribution in [-0.2, 0) is 20.2 Å². The first-order chi connectivity index (χ1) is 11.6. The molecule has 0 aliphatic rings. The van der Waals surface area contributed by atoms with E-state index in [-0.39, 0.29) is 38.9 Å². The largest absolute Gasteiger partial charge is 0.456 e. The lowest BCUT2D eigenvalue weighted by Gasteiger charge is -2.01. The number of hydrogen-bond acceptors (Lipinski definition) is 7. The number of benzene rings is 2. The zero-order valence-corrected chi connectivity index (χ0v) is 14.1. The lowest BCUT2D eigenvalue weighted by molar-refractivity contribution is 0.480. The fraction of sp³-hybridized carbons (Fsp3) is 0.0714. The average Bonchev–Trinajstić information content (AvgIpc) is 3.00. The molecule has 0 amide bonds. The Bertz CT molecular complexity index is 1390. The van der Waals surface area contributed by atoms with Gasteiger partial charge >= 0.3 is 0 Å². The molecule has 0 radical (unpaired) electrons. The maximum absolute atomic E-state index is 12.0. The van der Waals surface area contributed by atoms with Gasteiger partial charge < -0.3 is 8.83 Å². The van der Waals surface area contributed by atoms with Gasteiger partial charge in [0.25, 0.3) is 20.2 Å². The minimum atomic E-state index is -4.76. The van der Waals surface area contributed by atoms with Crippen LogP contribution >= 0.6 is 0 Å². The van der Waals surface area contributed by atoms with Crippen LogP contribution in [0.2, 0.25) is 0 Å². The number of oxazole rings is 1. The second-order valence-electron chi connectivity index (χ2n) is 5.37. The Balaban J connectivity index is 2.31. The SMILES string of the molecule is Cc1nc2cc3oc4ccc(S(=O)(=O)O)cc4c3c(S(=O)(=O)O)c2o1. The summed E-state index contributed by atoms with van der Waals surface area (Å²) < 4.78 is 76.3. The number of aryl methyl sites for hydroxylation is 1. The molecule has 0 spiro atoms. The van der Waals surface area contributed by atoms with Gasteiger partial charge in [0.1, 0.15) is 16.7 Å². The van der Waals surface area contributed by atoms with Crippen LogP contribution in [0.1, 0.15) is 5.89 Å². The Morgan fingerprint density at radius 3 is 2.32 bits per heavy atom. The number of furan rings is 1. The van der Waals surface area contributed by atoms with Gasteiger partial charge in [-0.05, 0) is 18.2 Å². The Morgan fingerprint density at radius 1 is 0.960 bits per heavy atom. The van der Waals surface area contributed by atoms with Gasteiger partial charge in [0.2, 0.25) is 0 Å². The van der Waals surface area contributed by atoms with E-state index in [1.165, 1.54) is 19.1 Å². The first kappa shape index (κ1) is 16.0.